The molecule has 0 aromatic rings. The molecule has 0 aliphatic carbocycles. The van der Waals surface area contributed by atoms with Gasteiger partial charge < -0.3 is 9.84 Å². The SMILES string of the molecule is C/C(=C\C(C)CC(OC(=O)C(F)(F)F)(C(F)(F)F)C(F)(F)F)C(=O)O. The number of aliphatic carboxylic acids is 1. The molecule has 0 aromatic carbocycles. The van der Waals surface area contributed by atoms with Gasteiger partial charge in [0.2, 0.25) is 0 Å². The second-order valence-electron chi connectivity index (χ2n) is 5.05. The van der Waals surface area contributed by atoms with Crippen molar-refractivity contribution in [1.29, 1.82) is 0 Å². The monoisotopic (exact) mass is 390 g/mol. The largest absolute Gasteiger partial charge is 0.490 e. The van der Waals surface area contributed by atoms with Gasteiger partial charge in [-0.2, -0.15) is 39.5 Å². The lowest BCUT2D eigenvalue weighted by atomic mass is 9.88. The maximum Gasteiger partial charge on any atom is 0.490 e. The summed E-state index contributed by atoms with van der Waals surface area (Å²) in [4.78, 5) is 21.2. The third-order valence-electron chi connectivity index (χ3n) is 2.90. The van der Waals surface area contributed by atoms with Crippen molar-refractivity contribution in [3.05, 3.63) is 11.6 Å². The van der Waals surface area contributed by atoms with Crippen LogP contribution < -0.4 is 0 Å². The Morgan fingerprint density at radius 3 is 1.68 bits per heavy atom. The van der Waals surface area contributed by atoms with Crippen LogP contribution in [0.1, 0.15) is 20.3 Å². The first-order valence-corrected chi connectivity index (χ1v) is 6.20. The van der Waals surface area contributed by atoms with Crippen LogP contribution in [0, 0.1) is 5.92 Å². The first kappa shape index (κ1) is 23.1. The molecular weight excluding hydrogens is 379 g/mol. The van der Waals surface area contributed by atoms with E-state index in [4.69, 9.17) is 5.11 Å². The average Bonchev–Trinajstić information content (AvgIpc) is 2.33. The maximum atomic E-state index is 13.0. The molecule has 4 nitrogen and oxygen atoms in total. The van der Waals surface area contributed by atoms with Crippen LogP contribution in [0.5, 0.6) is 0 Å². The van der Waals surface area contributed by atoms with E-state index in [0.29, 0.717) is 13.0 Å². The Hall–Kier alpha value is -1.95. The normalized spacial score (nSPS) is 15.7. The number of alkyl halides is 9. The minimum Gasteiger partial charge on any atom is -0.478 e. The van der Waals surface area contributed by atoms with Crippen LogP contribution in [0.25, 0.3) is 0 Å². The first-order chi connectivity index (χ1) is 10.8. The molecule has 13 heteroatoms. The Morgan fingerprint density at radius 2 is 1.40 bits per heavy atom. The maximum absolute atomic E-state index is 13.0. The zero-order valence-electron chi connectivity index (χ0n) is 12.4. The second kappa shape index (κ2) is 7.12. The quantitative estimate of drug-likeness (QED) is 0.438. The Labute approximate surface area is 134 Å². The Bertz CT molecular complexity index is 528. The molecule has 0 aliphatic rings. The van der Waals surface area contributed by atoms with Crippen molar-refractivity contribution in [3.8, 4) is 0 Å². The predicted molar refractivity (Wildman–Crippen MR) is 62.2 cm³/mol. The van der Waals surface area contributed by atoms with E-state index >= 15 is 0 Å². The zero-order chi connectivity index (χ0) is 20.4. The Kier molecular flexibility index (Phi) is 6.56. The van der Waals surface area contributed by atoms with E-state index in [1.54, 1.807) is 0 Å². The average molecular weight is 390 g/mol. The second-order valence-corrected chi connectivity index (χ2v) is 5.05. The van der Waals surface area contributed by atoms with Gasteiger partial charge in [0, 0.05) is 12.0 Å². The summed E-state index contributed by atoms with van der Waals surface area (Å²) in [7, 11) is 0. The molecule has 0 aromatic heterocycles. The highest BCUT2D eigenvalue weighted by molar-refractivity contribution is 5.85. The number of carboxylic acid groups (broad SMARTS) is 1. The summed E-state index contributed by atoms with van der Waals surface area (Å²) in [5.74, 6) is -7.18. The topological polar surface area (TPSA) is 63.6 Å². The van der Waals surface area contributed by atoms with Gasteiger partial charge >= 0.3 is 36.1 Å². The van der Waals surface area contributed by atoms with Crippen molar-refractivity contribution in [2.24, 2.45) is 5.92 Å². The van der Waals surface area contributed by atoms with Crippen molar-refractivity contribution in [2.75, 3.05) is 0 Å². The number of rotatable bonds is 5. The van der Waals surface area contributed by atoms with E-state index in [-0.39, 0.29) is 0 Å². The number of hydrogen-bond acceptors (Lipinski definition) is 3. The molecule has 0 heterocycles. The molecule has 0 rings (SSSR count). The van der Waals surface area contributed by atoms with E-state index in [1.165, 1.54) is 0 Å². The van der Waals surface area contributed by atoms with Gasteiger partial charge in [-0.3, -0.25) is 0 Å². The van der Waals surface area contributed by atoms with Gasteiger partial charge in [-0.1, -0.05) is 13.0 Å². The molecule has 0 saturated carbocycles. The number of allylic oxidation sites excluding steroid dienone is 1. The summed E-state index contributed by atoms with van der Waals surface area (Å²) >= 11 is 0. The molecule has 0 bridgehead atoms. The molecule has 1 unspecified atom stereocenters. The molecule has 1 N–H and O–H groups in total. The van der Waals surface area contributed by atoms with Crippen molar-refractivity contribution in [3.63, 3.8) is 0 Å². The predicted octanol–water partition coefficient (Wildman–Crippen LogP) is 4.01. The van der Waals surface area contributed by atoms with E-state index in [1.807, 2.05) is 0 Å². The fraction of sp³-hybridized carbons (Fsp3) is 0.667. The number of hydrogen-bond donors (Lipinski definition) is 1. The van der Waals surface area contributed by atoms with Crippen LogP contribution in [0.4, 0.5) is 39.5 Å². The highest BCUT2D eigenvalue weighted by Crippen LogP contribution is 2.50. The number of carbonyl (C=O) groups is 2. The lowest BCUT2D eigenvalue weighted by Crippen LogP contribution is -2.61. The van der Waals surface area contributed by atoms with Crippen LogP contribution in [-0.2, 0) is 14.3 Å². The molecule has 0 radical (unpaired) electrons. The van der Waals surface area contributed by atoms with E-state index < -0.39 is 54.0 Å². The third kappa shape index (κ3) is 5.53. The first-order valence-electron chi connectivity index (χ1n) is 6.20. The number of halogens is 9. The van der Waals surface area contributed by atoms with Gasteiger partial charge in [-0.15, -0.1) is 0 Å². The summed E-state index contributed by atoms with van der Waals surface area (Å²) in [5, 5.41) is 8.55. The summed E-state index contributed by atoms with van der Waals surface area (Å²) in [6.45, 7) is 1.55. The minimum atomic E-state index is -6.44. The van der Waals surface area contributed by atoms with Crippen molar-refractivity contribution < 1.29 is 58.9 Å². The Balaban J connectivity index is 6.11. The smallest absolute Gasteiger partial charge is 0.478 e. The molecule has 0 aliphatic heterocycles. The highest BCUT2D eigenvalue weighted by Gasteiger charge is 2.75. The fourth-order valence-electron chi connectivity index (χ4n) is 1.78. The summed E-state index contributed by atoms with van der Waals surface area (Å²) < 4.78 is 117. The molecular formula is C12H11F9O4. The summed E-state index contributed by atoms with van der Waals surface area (Å²) in [5.41, 5.74) is -6.10. The van der Waals surface area contributed by atoms with Crippen molar-refractivity contribution in [1.82, 2.24) is 0 Å². The van der Waals surface area contributed by atoms with Crippen LogP contribution >= 0.6 is 0 Å². The number of carbonyl (C=O) groups excluding carboxylic acids is 1. The highest BCUT2D eigenvalue weighted by atomic mass is 19.4. The van der Waals surface area contributed by atoms with Crippen LogP contribution in [-0.4, -0.2) is 41.2 Å². The molecule has 0 amide bonds. The molecule has 25 heavy (non-hydrogen) atoms. The standard InChI is InChI=1S/C12H11F9O4/c1-5(3-6(2)7(22)23)4-9(11(16,17)18,12(19,20)21)25-8(24)10(13,14)15/h3,5H,4H2,1-2H3,(H,22,23)/b6-3+. The molecule has 146 valence electrons. The zero-order valence-corrected chi connectivity index (χ0v) is 12.4. The van der Waals surface area contributed by atoms with Gasteiger partial charge in [-0.25, -0.2) is 9.59 Å². The van der Waals surface area contributed by atoms with Gasteiger partial charge in [0.05, 0.1) is 0 Å². The van der Waals surface area contributed by atoms with E-state index in [0.717, 1.165) is 6.92 Å². The molecule has 1 atom stereocenters. The van der Waals surface area contributed by atoms with E-state index in [9.17, 15) is 49.1 Å². The van der Waals surface area contributed by atoms with Gasteiger partial charge in [0.25, 0.3) is 0 Å². The molecule has 0 saturated heterocycles. The van der Waals surface area contributed by atoms with Gasteiger partial charge in [-0.05, 0) is 12.8 Å². The molecule has 0 fully saturated rings. The lowest BCUT2D eigenvalue weighted by molar-refractivity contribution is -0.378. The van der Waals surface area contributed by atoms with Crippen LogP contribution in [0.2, 0.25) is 0 Å². The van der Waals surface area contributed by atoms with Gasteiger partial charge in [0.1, 0.15) is 0 Å². The van der Waals surface area contributed by atoms with E-state index in [2.05, 4.69) is 4.74 Å². The van der Waals surface area contributed by atoms with Crippen molar-refractivity contribution >= 4 is 11.9 Å². The van der Waals surface area contributed by atoms with Crippen molar-refractivity contribution in [2.45, 2.75) is 44.4 Å². The fourth-order valence-corrected chi connectivity index (χ4v) is 1.78. The number of ether oxygens (including phenoxy) is 1. The lowest BCUT2D eigenvalue weighted by Gasteiger charge is -2.37. The van der Waals surface area contributed by atoms with Crippen LogP contribution in [0.3, 0.4) is 0 Å². The Morgan fingerprint density at radius 1 is 1.00 bits per heavy atom. The summed E-state index contributed by atoms with van der Waals surface area (Å²) in [6.07, 6.45) is -20.7. The minimum absolute atomic E-state index is 0.468. The number of esters is 1. The summed E-state index contributed by atoms with van der Waals surface area (Å²) in [6, 6.07) is 0. The number of carboxylic acids is 1. The third-order valence-corrected chi connectivity index (χ3v) is 2.90. The van der Waals surface area contributed by atoms with Gasteiger partial charge in [0.15, 0.2) is 0 Å². The van der Waals surface area contributed by atoms with Crippen LogP contribution in [0.15, 0.2) is 11.6 Å². The molecule has 0 spiro atoms.